The lowest BCUT2D eigenvalue weighted by Gasteiger charge is -2.07. The van der Waals surface area contributed by atoms with Crippen LogP contribution in [0.1, 0.15) is 10.4 Å². The van der Waals surface area contributed by atoms with E-state index in [4.69, 9.17) is 0 Å². The molecule has 0 saturated heterocycles. The van der Waals surface area contributed by atoms with Gasteiger partial charge in [-0.25, -0.2) is 9.67 Å². The molecule has 3 aromatic heterocycles. The van der Waals surface area contributed by atoms with Crippen molar-refractivity contribution in [2.24, 2.45) is 0 Å². The van der Waals surface area contributed by atoms with Gasteiger partial charge in [0.2, 0.25) is 0 Å². The van der Waals surface area contributed by atoms with Crippen LogP contribution in [0.15, 0.2) is 97.0 Å². The van der Waals surface area contributed by atoms with Crippen LogP contribution in [0.2, 0.25) is 0 Å². The van der Waals surface area contributed by atoms with Gasteiger partial charge < -0.3 is 9.88 Å². The van der Waals surface area contributed by atoms with E-state index in [0.717, 1.165) is 16.3 Å². The number of carbonyl (C=O) groups excluding carboxylic acids is 1. The van der Waals surface area contributed by atoms with Gasteiger partial charge >= 0.3 is 0 Å². The van der Waals surface area contributed by atoms with Crippen LogP contribution in [0.4, 0.5) is 5.69 Å². The molecule has 0 unspecified atom stereocenters. The van der Waals surface area contributed by atoms with E-state index in [2.05, 4.69) is 15.4 Å². The first kappa shape index (κ1) is 18.1. The zero-order chi connectivity index (χ0) is 20.3. The molecule has 0 fully saturated rings. The smallest absolute Gasteiger partial charge is 0.259 e. The van der Waals surface area contributed by atoms with Crippen molar-refractivity contribution in [1.82, 2.24) is 19.3 Å². The lowest BCUT2D eigenvalue weighted by Crippen LogP contribution is -2.12. The third-order valence-electron chi connectivity index (χ3n) is 4.66. The minimum atomic E-state index is -0.198. The summed E-state index contributed by atoms with van der Waals surface area (Å²) in [6, 6.07) is 21.3. The molecule has 6 nitrogen and oxygen atoms in total. The van der Waals surface area contributed by atoms with Crippen LogP contribution in [0.5, 0.6) is 0 Å². The summed E-state index contributed by atoms with van der Waals surface area (Å²) in [4.78, 5) is 18.1. The zero-order valence-electron chi connectivity index (χ0n) is 15.8. The molecule has 0 saturated carbocycles. The van der Waals surface area contributed by atoms with Gasteiger partial charge in [0.1, 0.15) is 5.69 Å². The maximum atomic E-state index is 13.1. The Morgan fingerprint density at radius 3 is 2.47 bits per heavy atom. The summed E-state index contributed by atoms with van der Waals surface area (Å²) in [6.07, 6.45) is 7.11. The van der Waals surface area contributed by atoms with E-state index in [1.165, 1.54) is 0 Å². The zero-order valence-corrected chi connectivity index (χ0v) is 16.7. The Labute approximate surface area is 177 Å². The van der Waals surface area contributed by atoms with Crippen LogP contribution in [0.25, 0.3) is 21.9 Å². The number of aromatic nitrogens is 4. The largest absolute Gasteiger partial charge is 0.322 e. The van der Waals surface area contributed by atoms with Crippen LogP contribution in [-0.4, -0.2) is 25.2 Å². The van der Waals surface area contributed by atoms with Gasteiger partial charge in [-0.15, -0.1) is 11.3 Å². The molecule has 3 heterocycles. The van der Waals surface area contributed by atoms with Crippen molar-refractivity contribution in [3.63, 3.8) is 0 Å². The van der Waals surface area contributed by atoms with E-state index in [1.807, 2.05) is 82.9 Å². The van der Waals surface area contributed by atoms with Gasteiger partial charge in [0.15, 0.2) is 0 Å². The second kappa shape index (κ2) is 7.81. The molecule has 30 heavy (non-hydrogen) atoms. The molecule has 2 aromatic carbocycles. The number of rotatable bonds is 5. The van der Waals surface area contributed by atoms with Crippen molar-refractivity contribution < 1.29 is 4.79 Å². The molecular formula is C23H17N5OS. The Bertz CT molecular complexity index is 1260. The monoisotopic (exact) mass is 411 g/mol. The molecule has 0 aliphatic carbocycles. The molecule has 0 spiro atoms. The predicted octanol–water partition coefficient (Wildman–Crippen LogP) is 5.04. The van der Waals surface area contributed by atoms with E-state index in [0.29, 0.717) is 16.9 Å². The average Bonchev–Trinajstić information content (AvgIpc) is 3.56. The fourth-order valence-corrected chi connectivity index (χ4v) is 3.90. The first-order valence-corrected chi connectivity index (χ1v) is 10.2. The summed E-state index contributed by atoms with van der Waals surface area (Å²) in [6.45, 7) is 0. The minimum Gasteiger partial charge on any atom is -0.322 e. The average molecular weight is 411 g/mol. The van der Waals surface area contributed by atoms with E-state index in [9.17, 15) is 4.79 Å². The van der Waals surface area contributed by atoms with Crippen molar-refractivity contribution in [2.45, 2.75) is 0 Å². The molecule has 1 amide bonds. The molecule has 0 aliphatic rings. The third kappa shape index (κ3) is 3.54. The topological polar surface area (TPSA) is 64.7 Å². The summed E-state index contributed by atoms with van der Waals surface area (Å²) >= 11 is 1.56. The second-order valence-electron chi connectivity index (χ2n) is 6.62. The number of carbonyl (C=O) groups is 1. The Kier molecular flexibility index (Phi) is 4.71. The molecular weight excluding hydrogens is 394 g/mol. The standard InChI is InChI=1S/C23H17N5OS/c29-23(25-17-8-10-18(11-9-17)27-13-12-24-16-27)20-15-28(19-5-2-1-3-6-19)26-22(20)21-7-4-14-30-21/h1-16H,(H,25,29). The second-order valence-corrected chi connectivity index (χ2v) is 7.57. The number of anilines is 1. The summed E-state index contributed by atoms with van der Waals surface area (Å²) in [5.74, 6) is -0.198. The lowest BCUT2D eigenvalue weighted by molar-refractivity contribution is 0.102. The number of para-hydroxylation sites is 1. The van der Waals surface area contributed by atoms with Crippen molar-refractivity contribution >= 4 is 22.9 Å². The normalized spacial score (nSPS) is 10.8. The Morgan fingerprint density at radius 2 is 1.77 bits per heavy atom. The fraction of sp³-hybridized carbons (Fsp3) is 0. The van der Waals surface area contributed by atoms with Gasteiger partial charge in [0.05, 0.1) is 22.5 Å². The highest BCUT2D eigenvalue weighted by atomic mass is 32.1. The van der Waals surface area contributed by atoms with Crippen molar-refractivity contribution in [3.8, 4) is 21.9 Å². The van der Waals surface area contributed by atoms with Crippen LogP contribution < -0.4 is 5.32 Å². The molecule has 1 N–H and O–H groups in total. The molecule has 7 heteroatoms. The van der Waals surface area contributed by atoms with Gasteiger partial charge in [-0.05, 0) is 47.8 Å². The van der Waals surface area contributed by atoms with E-state index in [-0.39, 0.29) is 5.91 Å². The fourth-order valence-electron chi connectivity index (χ4n) is 3.18. The molecule has 0 radical (unpaired) electrons. The number of nitrogens with zero attached hydrogens (tertiary/aromatic N) is 4. The highest BCUT2D eigenvalue weighted by Crippen LogP contribution is 2.28. The van der Waals surface area contributed by atoms with E-state index < -0.39 is 0 Å². The number of hydrogen-bond donors (Lipinski definition) is 1. The highest BCUT2D eigenvalue weighted by Gasteiger charge is 2.19. The van der Waals surface area contributed by atoms with E-state index >= 15 is 0 Å². The number of nitrogens with one attached hydrogen (secondary N) is 1. The molecule has 0 atom stereocenters. The summed E-state index contributed by atoms with van der Waals surface area (Å²) in [5.41, 5.74) is 3.79. The van der Waals surface area contributed by atoms with Crippen LogP contribution in [-0.2, 0) is 0 Å². The van der Waals surface area contributed by atoms with Crippen LogP contribution >= 0.6 is 11.3 Å². The van der Waals surface area contributed by atoms with Gasteiger partial charge in [0.25, 0.3) is 5.91 Å². The maximum absolute atomic E-state index is 13.1. The van der Waals surface area contributed by atoms with Gasteiger partial charge in [0, 0.05) is 30.0 Å². The third-order valence-corrected chi connectivity index (χ3v) is 5.54. The number of benzene rings is 2. The molecule has 5 rings (SSSR count). The van der Waals surface area contributed by atoms with Crippen LogP contribution in [0, 0.1) is 0 Å². The number of amides is 1. The summed E-state index contributed by atoms with van der Waals surface area (Å²) in [5, 5.41) is 9.65. The van der Waals surface area contributed by atoms with Gasteiger partial charge in [-0.1, -0.05) is 24.3 Å². The molecule has 5 aromatic rings. The van der Waals surface area contributed by atoms with Crippen molar-refractivity contribution in [3.05, 3.63) is 103 Å². The quantitative estimate of drug-likeness (QED) is 0.441. The van der Waals surface area contributed by atoms with Gasteiger partial charge in [-0.3, -0.25) is 4.79 Å². The first-order chi connectivity index (χ1) is 14.8. The van der Waals surface area contributed by atoms with Crippen molar-refractivity contribution in [1.29, 1.82) is 0 Å². The number of thiophene rings is 1. The SMILES string of the molecule is O=C(Nc1ccc(-n2ccnc2)cc1)c1cn(-c2ccccc2)nc1-c1cccs1. The van der Waals surface area contributed by atoms with Gasteiger partial charge in [-0.2, -0.15) is 5.10 Å². The molecule has 0 bridgehead atoms. The number of hydrogen-bond acceptors (Lipinski definition) is 4. The highest BCUT2D eigenvalue weighted by molar-refractivity contribution is 7.13. The summed E-state index contributed by atoms with van der Waals surface area (Å²) < 4.78 is 3.65. The lowest BCUT2D eigenvalue weighted by atomic mass is 10.2. The Hall–Kier alpha value is -3.97. The minimum absolute atomic E-state index is 0.198. The molecule has 146 valence electrons. The Morgan fingerprint density at radius 1 is 0.933 bits per heavy atom. The van der Waals surface area contributed by atoms with E-state index in [1.54, 1.807) is 34.7 Å². The van der Waals surface area contributed by atoms with Crippen molar-refractivity contribution in [2.75, 3.05) is 5.32 Å². The first-order valence-electron chi connectivity index (χ1n) is 9.37. The molecule has 0 aliphatic heterocycles. The summed E-state index contributed by atoms with van der Waals surface area (Å²) in [7, 11) is 0. The Balaban J connectivity index is 1.45. The maximum Gasteiger partial charge on any atom is 0.259 e. The van der Waals surface area contributed by atoms with Crippen LogP contribution in [0.3, 0.4) is 0 Å². The number of imidazole rings is 1. The predicted molar refractivity (Wildman–Crippen MR) is 118 cm³/mol.